The summed E-state index contributed by atoms with van der Waals surface area (Å²) >= 11 is 0. The number of benzene rings is 1. The molecule has 112 valence electrons. The summed E-state index contributed by atoms with van der Waals surface area (Å²) in [6, 6.07) is 3.61. The summed E-state index contributed by atoms with van der Waals surface area (Å²) in [5.41, 5.74) is 3.12. The van der Waals surface area contributed by atoms with E-state index >= 15 is 0 Å². The molecule has 0 radical (unpaired) electrons. The summed E-state index contributed by atoms with van der Waals surface area (Å²) < 4.78 is 1.61. The molecule has 0 atom stereocenters. The van der Waals surface area contributed by atoms with Crippen LogP contribution in [0, 0.1) is 24.0 Å². The molecule has 0 aliphatic carbocycles. The molecule has 0 aliphatic rings. The molecule has 0 fully saturated rings. The van der Waals surface area contributed by atoms with Crippen LogP contribution >= 0.6 is 0 Å². The molecular weight excluding hydrogens is 270 g/mol. The molecule has 1 aromatic heterocycles. The Kier molecular flexibility index (Phi) is 4.32. The van der Waals surface area contributed by atoms with E-state index in [4.69, 9.17) is 0 Å². The highest BCUT2D eigenvalue weighted by molar-refractivity contribution is 5.56. The van der Waals surface area contributed by atoms with E-state index in [1.807, 2.05) is 6.92 Å². The number of aryl methyl sites for hydroxylation is 1. The van der Waals surface area contributed by atoms with Gasteiger partial charge in [0.2, 0.25) is 0 Å². The van der Waals surface area contributed by atoms with Crippen molar-refractivity contribution >= 4 is 5.69 Å². The molecule has 0 spiro atoms. The molecule has 0 amide bonds. The van der Waals surface area contributed by atoms with Gasteiger partial charge in [-0.15, -0.1) is 5.10 Å². The van der Waals surface area contributed by atoms with Crippen LogP contribution in [0.1, 0.15) is 30.7 Å². The standard InChI is InChI=1S/C14H19N5O2/c1-9(2)15-7-12-8-18(17-16-12)14-10(3)5-6-13(11(14)4)19(20)21/h5-6,8-9,15H,7H2,1-4H3. The van der Waals surface area contributed by atoms with Crippen molar-refractivity contribution in [2.24, 2.45) is 0 Å². The van der Waals surface area contributed by atoms with Crippen molar-refractivity contribution in [3.05, 3.63) is 45.3 Å². The molecule has 0 bridgehead atoms. The summed E-state index contributed by atoms with van der Waals surface area (Å²) in [4.78, 5) is 10.7. The van der Waals surface area contributed by atoms with Gasteiger partial charge in [-0.1, -0.05) is 25.1 Å². The molecule has 1 aromatic carbocycles. The normalized spacial score (nSPS) is 11.1. The highest BCUT2D eigenvalue weighted by Crippen LogP contribution is 2.27. The van der Waals surface area contributed by atoms with Gasteiger partial charge in [-0.2, -0.15) is 0 Å². The van der Waals surface area contributed by atoms with E-state index < -0.39 is 0 Å². The van der Waals surface area contributed by atoms with E-state index in [1.165, 1.54) is 6.07 Å². The average Bonchev–Trinajstić information content (AvgIpc) is 2.84. The van der Waals surface area contributed by atoms with Gasteiger partial charge in [0, 0.05) is 18.7 Å². The minimum Gasteiger partial charge on any atom is -0.309 e. The van der Waals surface area contributed by atoms with Gasteiger partial charge in [0.25, 0.3) is 5.69 Å². The Morgan fingerprint density at radius 1 is 1.38 bits per heavy atom. The number of nitrogens with zero attached hydrogens (tertiary/aromatic N) is 4. The molecule has 0 saturated heterocycles. The molecule has 1 N–H and O–H groups in total. The Hall–Kier alpha value is -2.28. The topological polar surface area (TPSA) is 85.9 Å². The number of aromatic nitrogens is 3. The molecule has 21 heavy (non-hydrogen) atoms. The van der Waals surface area contributed by atoms with Gasteiger partial charge < -0.3 is 5.32 Å². The third-order valence-electron chi connectivity index (χ3n) is 3.26. The van der Waals surface area contributed by atoms with Crippen LogP contribution in [0.4, 0.5) is 5.69 Å². The Morgan fingerprint density at radius 3 is 2.71 bits per heavy atom. The lowest BCUT2D eigenvalue weighted by Gasteiger charge is -2.09. The lowest BCUT2D eigenvalue weighted by molar-refractivity contribution is -0.385. The fourth-order valence-electron chi connectivity index (χ4n) is 2.17. The minimum absolute atomic E-state index is 0.0907. The second-order valence-electron chi connectivity index (χ2n) is 5.32. The first-order valence-electron chi connectivity index (χ1n) is 6.79. The van der Waals surface area contributed by atoms with Gasteiger partial charge >= 0.3 is 0 Å². The van der Waals surface area contributed by atoms with E-state index in [-0.39, 0.29) is 10.6 Å². The maximum Gasteiger partial charge on any atom is 0.274 e. The first kappa shape index (κ1) is 15.1. The predicted molar refractivity (Wildman–Crippen MR) is 79.5 cm³/mol. The maximum absolute atomic E-state index is 11.0. The fraction of sp³-hybridized carbons (Fsp3) is 0.429. The summed E-state index contributed by atoms with van der Waals surface area (Å²) in [6.07, 6.45) is 1.80. The lowest BCUT2D eigenvalue weighted by atomic mass is 10.1. The second-order valence-corrected chi connectivity index (χ2v) is 5.32. The summed E-state index contributed by atoms with van der Waals surface area (Å²) in [6.45, 7) is 8.36. The fourth-order valence-corrected chi connectivity index (χ4v) is 2.17. The van der Waals surface area contributed by atoms with Gasteiger partial charge in [0.1, 0.15) is 0 Å². The summed E-state index contributed by atoms with van der Waals surface area (Å²) in [7, 11) is 0. The van der Waals surface area contributed by atoms with Crippen LogP contribution in [-0.4, -0.2) is 26.0 Å². The molecular formula is C14H19N5O2. The zero-order chi connectivity index (χ0) is 15.6. The number of nitro benzene ring substituents is 1. The van der Waals surface area contributed by atoms with E-state index in [9.17, 15) is 10.1 Å². The minimum atomic E-state index is -0.379. The number of hydrogen-bond donors (Lipinski definition) is 1. The number of nitro groups is 1. The van der Waals surface area contributed by atoms with Gasteiger partial charge in [-0.25, -0.2) is 4.68 Å². The SMILES string of the molecule is Cc1ccc([N+](=O)[O-])c(C)c1-n1cc(CNC(C)C)nn1. The van der Waals surface area contributed by atoms with Crippen molar-refractivity contribution in [2.45, 2.75) is 40.3 Å². The van der Waals surface area contributed by atoms with E-state index in [1.54, 1.807) is 23.9 Å². The van der Waals surface area contributed by atoms with Gasteiger partial charge in [0.05, 0.1) is 28.1 Å². The summed E-state index contributed by atoms with van der Waals surface area (Å²) in [5, 5.41) is 22.5. The van der Waals surface area contributed by atoms with Crippen LogP contribution in [0.3, 0.4) is 0 Å². The zero-order valence-corrected chi connectivity index (χ0v) is 12.6. The van der Waals surface area contributed by atoms with Crippen molar-refractivity contribution in [1.82, 2.24) is 20.3 Å². The van der Waals surface area contributed by atoms with E-state index in [2.05, 4.69) is 29.5 Å². The number of nitrogens with one attached hydrogen (secondary N) is 1. The van der Waals surface area contributed by atoms with Gasteiger partial charge in [-0.3, -0.25) is 10.1 Å². The van der Waals surface area contributed by atoms with Crippen LogP contribution in [0.25, 0.3) is 5.69 Å². The van der Waals surface area contributed by atoms with Gasteiger partial charge in [-0.05, 0) is 19.4 Å². The smallest absolute Gasteiger partial charge is 0.274 e. The lowest BCUT2D eigenvalue weighted by Crippen LogP contribution is -2.21. The second kappa shape index (κ2) is 6.01. The monoisotopic (exact) mass is 289 g/mol. The third-order valence-corrected chi connectivity index (χ3v) is 3.26. The quantitative estimate of drug-likeness (QED) is 0.674. The number of hydrogen-bond acceptors (Lipinski definition) is 5. The maximum atomic E-state index is 11.0. The average molecular weight is 289 g/mol. The molecule has 2 rings (SSSR count). The highest BCUT2D eigenvalue weighted by atomic mass is 16.6. The van der Waals surface area contributed by atoms with Gasteiger partial charge in [0.15, 0.2) is 0 Å². The Morgan fingerprint density at radius 2 is 2.10 bits per heavy atom. The van der Waals surface area contributed by atoms with Crippen LogP contribution < -0.4 is 5.32 Å². The number of rotatable bonds is 5. The van der Waals surface area contributed by atoms with Crippen LogP contribution in [-0.2, 0) is 6.54 Å². The molecule has 7 heteroatoms. The first-order valence-corrected chi connectivity index (χ1v) is 6.79. The van der Waals surface area contributed by atoms with Crippen molar-refractivity contribution in [3.63, 3.8) is 0 Å². The van der Waals surface area contributed by atoms with Crippen molar-refractivity contribution in [1.29, 1.82) is 0 Å². The van der Waals surface area contributed by atoms with Crippen LogP contribution in [0.5, 0.6) is 0 Å². The molecule has 2 aromatic rings. The van der Waals surface area contributed by atoms with Crippen molar-refractivity contribution in [3.8, 4) is 5.69 Å². The molecule has 7 nitrogen and oxygen atoms in total. The first-order chi connectivity index (χ1) is 9.90. The van der Waals surface area contributed by atoms with Crippen LogP contribution in [0.15, 0.2) is 18.3 Å². The third kappa shape index (κ3) is 3.25. The Labute approximate surface area is 123 Å². The van der Waals surface area contributed by atoms with Crippen molar-refractivity contribution < 1.29 is 4.92 Å². The molecule has 0 aliphatic heterocycles. The zero-order valence-electron chi connectivity index (χ0n) is 12.6. The van der Waals surface area contributed by atoms with Crippen LogP contribution in [0.2, 0.25) is 0 Å². The predicted octanol–water partition coefficient (Wildman–Crippen LogP) is 2.29. The largest absolute Gasteiger partial charge is 0.309 e. The molecule has 0 saturated carbocycles. The Balaban J connectivity index is 2.38. The van der Waals surface area contributed by atoms with E-state index in [0.29, 0.717) is 23.8 Å². The van der Waals surface area contributed by atoms with Crippen molar-refractivity contribution in [2.75, 3.05) is 0 Å². The summed E-state index contributed by atoms with van der Waals surface area (Å²) in [5.74, 6) is 0. The Bertz CT molecular complexity index is 663. The highest BCUT2D eigenvalue weighted by Gasteiger charge is 2.18. The molecule has 1 heterocycles. The molecule has 0 unspecified atom stereocenters. The van der Waals surface area contributed by atoms with E-state index in [0.717, 1.165) is 11.3 Å².